The molecule has 0 aliphatic heterocycles. The second-order valence-corrected chi connectivity index (χ2v) is 4.99. The summed E-state index contributed by atoms with van der Waals surface area (Å²) in [4.78, 5) is 11.7. The fourth-order valence-corrected chi connectivity index (χ4v) is 2.40. The Morgan fingerprint density at radius 1 is 1.05 bits per heavy atom. The van der Waals surface area contributed by atoms with Gasteiger partial charge in [0.25, 0.3) is 0 Å². The van der Waals surface area contributed by atoms with E-state index in [-0.39, 0.29) is 11.9 Å². The molecule has 0 saturated carbocycles. The number of carbonyl (C=O) groups is 1. The maximum atomic E-state index is 11.7. The van der Waals surface area contributed by atoms with E-state index in [4.69, 9.17) is 5.73 Å². The lowest BCUT2D eigenvalue weighted by molar-refractivity contribution is -0.120. The first-order valence-electron chi connectivity index (χ1n) is 6.75. The van der Waals surface area contributed by atoms with E-state index >= 15 is 0 Å². The molecule has 0 spiro atoms. The van der Waals surface area contributed by atoms with Crippen molar-refractivity contribution in [2.45, 2.75) is 25.9 Å². The lowest BCUT2D eigenvalue weighted by Crippen LogP contribution is -2.35. The summed E-state index contributed by atoms with van der Waals surface area (Å²) in [6, 6.07) is 17.3. The molecule has 2 aromatic carbocycles. The number of benzene rings is 2. The van der Waals surface area contributed by atoms with Crippen LogP contribution in [0.4, 0.5) is 0 Å². The highest BCUT2D eigenvalue weighted by Gasteiger charge is 2.20. The van der Waals surface area contributed by atoms with Gasteiger partial charge in [0.2, 0.25) is 5.91 Å². The minimum atomic E-state index is -0.481. The number of amides is 1. The van der Waals surface area contributed by atoms with Gasteiger partial charge in [0.1, 0.15) is 6.04 Å². The second-order valence-electron chi connectivity index (χ2n) is 4.99. The maximum absolute atomic E-state index is 11.7. The van der Waals surface area contributed by atoms with Gasteiger partial charge in [-0.05, 0) is 30.5 Å². The second kappa shape index (κ2) is 6.35. The van der Waals surface area contributed by atoms with Crippen LogP contribution in [0.1, 0.15) is 35.7 Å². The van der Waals surface area contributed by atoms with Gasteiger partial charge in [0.15, 0.2) is 0 Å². The quantitative estimate of drug-likeness (QED) is 0.876. The zero-order valence-corrected chi connectivity index (χ0v) is 11.8. The summed E-state index contributed by atoms with van der Waals surface area (Å²) in [7, 11) is 0. The van der Waals surface area contributed by atoms with E-state index in [1.54, 1.807) is 0 Å². The van der Waals surface area contributed by atoms with Crippen LogP contribution in [-0.2, 0) is 4.79 Å². The molecule has 0 radical (unpaired) electrons. The molecule has 0 heterocycles. The standard InChI is InChI=1S/C17H20N2O/c1-12-8-6-7-11-15(12)13(2)19-16(17(18)20)14-9-4-3-5-10-14/h3-11,13,16,19H,1-2H3,(H2,18,20)/t13-,16-/m1/s1. The first-order chi connectivity index (χ1) is 9.59. The highest BCUT2D eigenvalue weighted by molar-refractivity contribution is 5.81. The van der Waals surface area contributed by atoms with E-state index in [2.05, 4.69) is 24.4 Å². The Morgan fingerprint density at radius 3 is 2.25 bits per heavy atom. The van der Waals surface area contributed by atoms with Gasteiger partial charge in [0, 0.05) is 6.04 Å². The monoisotopic (exact) mass is 268 g/mol. The number of rotatable bonds is 5. The van der Waals surface area contributed by atoms with E-state index in [0.717, 1.165) is 5.56 Å². The van der Waals surface area contributed by atoms with E-state index in [9.17, 15) is 4.79 Å². The summed E-state index contributed by atoms with van der Waals surface area (Å²) in [5.41, 5.74) is 8.79. The number of nitrogens with two attached hydrogens (primary N) is 1. The first-order valence-corrected chi connectivity index (χ1v) is 6.75. The summed E-state index contributed by atoms with van der Waals surface area (Å²) in [5.74, 6) is -0.364. The van der Waals surface area contributed by atoms with Crippen LogP contribution >= 0.6 is 0 Å². The molecular formula is C17H20N2O. The molecule has 2 aromatic rings. The summed E-state index contributed by atoms with van der Waals surface area (Å²) in [6.07, 6.45) is 0. The van der Waals surface area contributed by atoms with Crippen LogP contribution in [0.2, 0.25) is 0 Å². The van der Waals surface area contributed by atoms with Crippen molar-refractivity contribution in [3.63, 3.8) is 0 Å². The molecule has 3 heteroatoms. The van der Waals surface area contributed by atoms with Gasteiger partial charge in [-0.3, -0.25) is 10.1 Å². The molecule has 0 fully saturated rings. The Morgan fingerprint density at radius 2 is 1.65 bits per heavy atom. The Hall–Kier alpha value is -2.13. The fraction of sp³-hybridized carbons (Fsp3) is 0.235. The fourth-order valence-electron chi connectivity index (χ4n) is 2.40. The summed E-state index contributed by atoms with van der Waals surface area (Å²) < 4.78 is 0. The third kappa shape index (κ3) is 3.25. The number of hydrogen-bond donors (Lipinski definition) is 2. The summed E-state index contributed by atoms with van der Waals surface area (Å²) >= 11 is 0. The Bertz CT molecular complexity index is 581. The third-order valence-corrected chi connectivity index (χ3v) is 3.49. The van der Waals surface area contributed by atoms with Crippen molar-refractivity contribution < 1.29 is 4.79 Å². The molecule has 0 unspecified atom stereocenters. The van der Waals surface area contributed by atoms with Crippen molar-refractivity contribution >= 4 is 5.91 Å². The number of primary amides is 1. The number of hydrogen-bond acceptors (Lipinski definition) is 2. The van der Waals surface area contributed by atoms with Gasteiger partial charge in [-0.2, -0.15) is 0 Å². The zero-order valence-electron chi connectivity index (χ0n) is 11.8. The third-order valence-electron chi connectivity index (χ3n) is 3.49. The molecule has 2 atom stereocenters. The Kier molecular flexibility index (Phi) is 4.53. The number of nitrogens with one attached hydrogen (secondary N) is 1. The smallest absolute Gasteiger partial charge is 0.239 e. The van der Waals surface area contributed by atoms with Crippen molar-refractivity contribution in [2.24, 2.45) is 5.73 Å². The van der Waals surface area contributed by atoms with Crippen LogP contribution in [-0.4, -0.2) is 5.91 Å². The highest BCUT2D eigenvalue weighted by Crippen LogP contribution is 2.21. The van der Waals surface area contributed by atoms with Crippen molar-refractivity contribution in [2.75, 3.05) is 0 Å². The Balaban J connectivity index is 2.21. The van der Waals surface area contributed by atoms with Gasteiger partial charge in [-0.15, -0.1) is 0 Å². The van der Waals surface area contributed by atoms with E-state index in [1.807, 2.05) is 49.4 Å². The topological polar surface area (TPSA) is 55.1 Å². The molecule has 0 saturated heterocycles. The highest BCUT2D eigenvalue weighted by atomic mass is 16.1. The van der Waals surface area contributed by atoms with Gasteiger partial charge >= 0.3 is 0 Å². The van der Waals surface area contributed by atoms with Gasteiger partial charge < -0.3 is 5.73 Å². The van der Waals surface area contributed by atoms with Crippen molar-refractivity contribution in [1.82, 2.24) is 5.32 Å². The van der Waals surface area contributed by atoms with Crippen molar-refractivity contribution in [1.29, 1.82) is 0 Å². The average Bonchev–Trinajstić information content (AvgIpc) is 2.45. The van der Waals surface area contributed by atoms with Crippen LogP contribution in [0.25, 0.3) is 0 Å². The van der Waals surface area contributed by atoms with E-state index in [0.29, 0.717) is 0 Å². The first kappa shape index (κ1) is 14.3. The van der Waals surface area contributed by atoms with E-state index in [1.165, 1.54) is 11.1 Å². The lowest BCUT2D eigenvalue weighted by atomic mass is 9.99. The molecular weight excluding hydrogens is 248 g/mol. The molecule has 0 aliphatic rings. The predicted molar refractivity (Wildman–Crippen MR) is 81.1 cm³/mol. The average molecular weight is 268 g/mol. The molecule has 0 aliphatic carbocycles. The normalized spacial score (nSPS) is 13.7. The number of carbonyl (C=O) groups excluding carboxylic acids is 1. The van der Waals surface area contributed by atoms with Gasteiger partial charge in [-0.1, -0.05) is 54.6 Å². The minimum Gasteiger partial charge on any atom is -0.368 e. The van der Waals surface area contributed by atoms with Crippen LogP contribution in [0, 0.1) is 6.92 Å². The molecule has 20 heavy (non-hydrogen) atoms. The molecule has 3 N–H and O–H groups in total. The molecule has 2 rings (SSSR count). The predicted octanol–water partition coefficient (Wildman–Crippen LogP) is 2.87. The maximum Gasteiger partial charge on any atom is 0.239 e. The van der Waals surface area contributed by atoms with Crippen LogP contribution < -0.4 is 11.1 Å². The van der Waals surface area contributed by atoms with E-state index < -0.39 is 6.04 Å². The lowest BCUT2D eigenvalue weighted by Gasteiger charge is -2.22. The van der Waals surface area contributed by atoms with Crippen LogP contribution in [0.5, 0.6) is 0 Å². The number of aryl methyl sites for hydroxylation is 1. The molecule has 104 valence electrons. The zero-order chi connectivity index (χ0) is 14.5. The van der Waals surface area contributed by atoms with Crippen LogP contribution in [0.15, 0.2) is 54.6 Å². The largest absolute Gasteiger partial charge is 0.368 e. The van der Waals surface area contributed by atoms with Gasteiger partial charge in [-0.25, -0.2) is 0 Å². The summed E-state index contributed by atoms with van der Waals surface area (Å²) in [5, 5.41) is 3.32. The van der Waals surface area contributed by atoms with Crippen LogP contribution in [0.3, 0.4) is 0 Å². The molecule has 0 bridgehead atoms. The SMILES string of the molecule is Cc1ccccc1[C@@H](C)N[C@@H](C(N)=O)c1ccccc1. The van der Waals surface area contributed by atoms with Crippen molar-refractivity contribution in [3.8, 4) is 0 Å². The van der Waals surface area contributed by atoms with Crippen molar-refractivity contribution in [3.05, 3.63) is 71.3 Å². The minimum absolute atomic E-state index is 0.0499. The molecule has 3 nitrogen and oxygen atoms in total. The molecule has 1 amide bonds. The molecule has 0 aromatic heterocycles. The summed E-state index contributed by atoms with van der Waals surface area (Å²) in [6.45, 7) is 4.11. The Labute approximate surface area is 119 Å². The van der Waals surface area contributed by atoms with Gasteiger partial charge in [0.05, 0.1) is 0 Å².